The Morgan fingerprint density at radius 2 is 2.35 bits per heavy atom. The standard InChI is InChI=1S/C14H20N2O3S/c1-10-9-20-13(15-10)11-4-2-3-5-16(11)14(17)12-8-18-6-7-19-12/h9,11-12H,2-8H2,1H3/t11-,12+/m0/s1. The number of carbonyl (C=O) groups is 1. The number of carbonyl (C=O) groups excluding carboxylic acids is 1. The zero-order valence-corrected chi connectivity index (χ0v) is 12.5. The van der Waals surface area contributed by atoms with Gasteiger partial charge in [-0.1, -0.05) is 0 Å². The van der Waals surface area contributed by atoms with E-state index in [1.54, 1.807) is 11.3 Å². The molecule has 2 aliphatic heterocycles. The molecule has 2 fully saturated rings. The van der Waals surface area contributed by atoms with Crippen molar-refractivity contribution >= 4 is 17.2 Å². The summed E-state index contributed by atoms with van der Waals surface area (Å²) in [6.45, 7) is 4.25. The van der Waals surface area contributed by atoms with Crippen molar-refractivity contribution in [3.8, 4) is 0 Å². The first kappa shape index (κ1) is 14.0. The van der Waals surface area contributed by atoms with E-state index in [-0.39, 0.29) is 11.9 Å². The molecule has 0 N–H and O–H groups in total. The van der Waals surface area contributed by atoms with Crippen LogP contribution in [0.1, 0.15) is 36.0 Å². The lowest BCUT2D eigenvalue weighted by Crippen LogP contribution is -2.48. The highest BCUT2D eigenvalue weighted by molar-refractivity contribution is 7.09. The van der Waals surface area contributed by atoms with Crippen LogP contribution in [-0.4, -0.2) is 48.3 Å². The summed E-state index contributed by atoms with van der Waals surface area (Å²) in [6.07, 6.45) is 2.76. The monoisotopic (exact) mass is 296 g/mol. The van der Waals surface area contributed by atoms with Crippen molar-refractivity contribution < 1.29 is 14.3 Å². The number of thiazole rings is 1. The second-order valence-corrected chi connectivity index (χ2v) is 6.19. The molecule has 0 unspecified atom stereocenters. The van der Waals surface area contributed by atoms with Crippen LogP contribution in [0.15, 0.2) is 5.38 Å². The maximum atomic E-state index is 12.6. The summed E-state index contributed by atoms with van der Waals surface area (Å²) in [5.74, 6) is 0.0576. The van der Waals surface area contributed by atoms with E-state index in [1.165, 1.54) is 0 Å². The average Bonchev–Trinajstić information content (AvgIpc) is 2.94. The zero-order chi connectivity index (χ0) is 13.9. The molecule has 6 heteroatoms. The predicted molar refractivity (Wildman–Crippen MR) is 75.7 cm³/mol. The van der Waals surface area contributed by atoms with Crippen LogP contribution in [0.5, 0.6) is 0 Å². The smallest absolute Gasteiger partial charge is 0.254 e. The number of amides is 1. The average molecular weight is 296 g/mol. The molecule has 0 radical (unpaired) electrons. The van der Waals surface area contributed by atoms with Gasteiger partial charge in [0, 0.05) is 17.6 Å². The first-order chi connectivity index (χ1) is 9.75. The number of ether oxygens (including phenoxy) is 2. The van der Waals surface area contributed by atoms with Crippen LogP contribution in [0.3, 0.4) is 0 Å². The molecule has 0 saturated carbocycles. The molecule has 1 amide bonds. The van der Waals surface area contributed by atoms with Gasteiger partial charge in [0.05, 0.1) is 25.9 Å². The summed E-state index contributed by atoms with van der Waals surface area (Å²) in [5.41, 5.74) is 1.03. The highest BCUT2D eigenvalue weighted by atomic mass is 32.1. The van der Waals surface area contributed by atoms with E-state index < -0.39 is 6.10 Å². The number of aromatic nitrogens is 1. The first-order valence-corrected chi connectivity index (χ1v) is 8.05. The van der Waals surface area contributed by atoms with Crippen LogP contribution in [-0.2, 0) is 14.3 Å². The molecular formula is C14H20N2O3S. The van der Waals surface area contributed by atoms with Crippen LogP contribution in [0.2, 0.25) is 0 Å². The van der Waals surface area contributed by atoms with E-state index >= 15 is 0 Å². The lowest BCUT2D eigenvalue weighted by atomic mass is 10.0. The normalized spacial score (nSPS) is 27.6. The first-order valence-electron chi connectivity index (χ1n) is 7.17. The van der Waals surface area contributed by atoms with Gasteiger partial charge in [0.1, 0.15) is 5.01 Å². The fourth-order valence-electron chi connectivity index (χ4n) is 2.79. The molecule has 0 aliphatic carbocycles. The van der Waals surface area contributed by atoms with Crippen molar-refractivity contribution in [2.24, 2.45) is 0 Å². The second kappa shape index (κ2) is 6.20. The van der Waals surface area contributed by atoms with Gasteiger partial charge in [0.2, 0.25) is 0 Å². The Bertz CT molecular complexity index is 471. The van der Waals surface area contributed by atoms with E-state index in [9.17, 15) is 4.79 Å². The van der Waals surface area contributed by atoms with E-state index in [0.29, 0.717) is 19.8 Å². The van der Waals surface area contributed by atoms with Crippen LogP contribution >= 0.6 is 11.3 Å². The molecular weight excluding hydrogens is 276 g/mol. The van der Waals surface area contributed by atoms with Gasteiger partial charge in [0.25, 0.3) is 5.91 Å². The number of hydrogen-bond donors (Lipinski definition) is 0. The molecule has 5 nitrogen and oxygen atoms in total. The van der Waals surface area contributed by atoms with Crippen molar-refractivity contribution in [3.63, 3.8) is 0 Å². The van der Waals surface area contributed by atoms with Gasteiger partial charge in [-0.15, -0.1) is 11.3 Å². The minimum absolute atomic E-state index is 0.0576. The van der Waals surface area contributed by atoms with E-state index in [4.69, 9.17) is 9.47 Å². The van der Waals surface area contributed by atoms with Crippen LogP contribution in [0.4, 0.5) is 0 Å². The lowest BCUT2D eigenvalue weighted by molar-refractivity contribution is -0.161. The molecule has 3 heterocycles. The summed E-state index contributed by atoms with van der Waals surface area (Å²) in [5, 5.41) is 3.10. The Morgan fingerprint density at radius 3 is 3.05 bits per heavy atom. The topological polar surface area (TPSA) is 51.7 Å². The quantitative estimate of drug-likeness (QED) is 0.836. The highest BCUT2D eigenvalue weighted by Gasteiger charge is 2.35. The number of likely N-dealkylation sites (tertiary alicyclic amines) is 1. The summed E-state index contributed by atoms with van der Waals surface area (Å²) in [4.78, 5) is 19.2. The Kier molecular flexibility index (Phi) is 4.33. The summed E-state index contributed by atoms with van der Waals surface area (Å²) < 4.78 is 10.9. The van der Waals surface area contributed by atoms with Crippen molar-refractivity contribution in [2.45, 2.75) is 38.3 Å². The molecule has 2 saturated heterocycles. The zero-order valence-electron chi connectivity index (χ0n) is 11.7. The van der Waals surface area contributed by atoms with Gasteiger partial charge >= 0.3 is 0 Å². The maximum Gasteiger partial charge on any atom is 0.254 e. The molecule has 3 rings (SSSR count). The molecule has 0 spiro atoms. The third kappa shape index (κ3) is 2.87. The molecule has 0 bridgehead atoms. The van der Waals surface area contributed by atoms with E-state index in [1.807, 2.05) is 17.2 Å². The fraction of sp³-hybridized carbons (Fsp3) is 0.714. The van der Waals surface area contributed by atoms with Crippen molar-refractivity contribution in [2.75, 3.05) is 26.4 Å². The van der Waals surface area contributed by atoms with Gasteiger partial charge in [-0.25, -0.2) is 4.98 Å². The van der Waals surface area contributed by atoms with E-state index in [2.05, 4.69) is 4.98 Å². The molecule has 2 atom stereocenters. The Labute approximate surface area is 122 Å². The summed E-state index contributed by atoms with van der Waals surface area (Å²) in [6, 6.07) is 0.112. The Hall–Kier alpha value is -0.980. The molecule has 0 aromatic carbocycles. The van der Waals surface area contributed by atoms with Crippen molar-refractivity contribution in [1.29, 1.82) is 0 Å². The van der Waals surface area contributed by atoms with Gasteiger partial charge in [0.15, 0.2) is 6.10 Å². The fourth-order valence-corrected chi connectivity index (χ4v) is 3.74. The largest absolute Gasteiger partial charge is 0.376 e. The Balaban J connectivity index is 1.76. The van der Waals surface area contributed by atoms with Crippen LogP contribution < -0.4 is 0 Å². The number of aryl methyl sites for hydroxylation is 1. The summed E-state index contributed by atoms with van der Waals surface area (Å²) in [7, 11) is 0. The third-order valence-corrected chi connectivity index (χ3v) is 4.86. The predicted octanol–water partition coefficient (Wildman–Crippen LogP) is 1.92. The van der Waals surface area contributed by atoms with Crippen LogP contribution in [0.25, 0.3) is 0 Å². The third-order valence-electron chi connectivity index (χ3n) is 3.80. The molecule has 2 aliphatic rings. The number of nitrogens with zero attached hydrogens (tertiary/aromatic N) is 2. The molecule has 110 valence electrons. The van der Waals surface area contributed by atoms with E-state index in [0.717, 1.165) is 36.5 Å². The van der Waals surface area contributed by atoms with Gasteiger partial charge in [-0.2, -0.15) is 0 Å². The van der Waals surface area contributed by atoms with Crippen molar-refractivity contribution in [3.05, 3.63) is 16.1 Å². The molecule has 1 aromatic rings. The van der Waals surface area contributed by atoms with Gasteiger partial charge < -0.3 is 14.4 Å². The minimum Gasteiger partial charge on any atom is -0.376 e. The number of rotatable bonds is 2. The van der Waals surface area contributed by atoms with Crippen molar-refractivity contribution in [1.82, 2.24) is 9.88 Å². The number of hydrogen-bond acceptors (Lipinski definition) is 5. The van der Waals surface area contributed by atoms with Gasteiger partial charge in [-0.05, 0) is 26.2 Å². The molecule has 20 heavy (non-hydrogen) atoms. The highest BCUT2D eigenvalue weighted by Crippen LogP contribution is 2.33. The maximum absolute atomic E-state index is 12.6. The summed E-state index contributed by atoms with van der Waals surface area (Å²) >= 11 is 1.65. The van der Waals surface area contributed by atoms with Crippen LogP contribution in [0, 0.1) is 6.92 Å². The lowest BCUT2D eigenvalue weighted by Gasteiger charge is -2.37. The number of piperidine rings is 1. The SMILES string of the molecule is Cc1csc([C@@H]2CCCCN2C(=O)[C@H]2COCCO2)n1. The van der Waals surface area contributed by atoms with Gasteiger partial charge in [-0.3, -0.25) is 4.79 Å². The second-order valence-electron chi connectivity index (χ2n) is 5.30. The minimum atomic E-state index is -0.439. The molecule has 1 aromatic heterocycles. The Morgan fingerprint density at radius 1 is 1.45 bits per heavy atom.